The summed E-state index contributed by atoms with van der Waals surface area (Å²) in [7, 11) is 0. The zero-order valence-corrected chi connectivity index (χ0v) is 17.4. The van der Waals surface area contributed by atoms with E-state index in [1.807, 2.05) is 26.8 Å². The number of rotatable bonds is 2. The van der Waals surface area contributed by atoms with Crippen LogP contribution in [0, 0.1) is 11.3 Å². The second-order valence-electron chi connectivity index (χ2n) is 7.34. The summed E-state index contributed by atoms with van der Waals surface area (Å²) >= 11 is 5.01. The van der Waals surface area contributed by atoms with Crippen LogP contribution in [-0.4, -0.2) is 40.7 Å². The van der Waals surface area contributed by atoms with Crippen LogP contribution < -0.4 is 5.32 Å². The lowest BCUT2D eigenvalue weighted by atomic mass is 10.1. The minimum atomic E-state index is -0.499. The standard InChI is InChI=1S/C18H21BrN4O2S/c1-18(2,3)25-17(24)23-6-4-5-12(10-23)22-16-13-7-14(19)26-15(13)11(8-20)9-21-16/h7,9,12H,4-6,10H2,1-3H3,(H,21,22). The molecule has 1 aliphatic rings. The lowest BCUT2D eigenvalue weighted by Gasteiger charge is -2.34. The molecule has 3 rings (SSSR count). The first-order valence-electron chi connectivity index (χ1n) is 8.49. The Labute approximate surface area is 165 Å². The quantitative estimate of drug-likeness (QED) is 0.734. The Hall–Kier alpha value is -1.85. The van der Waals surface area contributed by atoms with E-state index in [2.05, 4.69) is 32.3 Å². The molecule has 1 unspecified atom stereocenters. The first kappa shape index (κ1) is 18.9. The van der Waals surface area contributed by atoms with E-state index in [4.69, 9.17) is 4.74 Å². The fourth-order valence-corrected chi connectivity index (χ4v) is 4.53. The summed E-state index contributed by atoms with van der Waals surface area (Å²) in [6.07, 6.45) is 3.18. The van der Waals surface area contributed by atoms with Crippen LogP contribution in [0.4, 0.5) is 10.6 Å². The first-order valence-corrected chi connectivity index (χ1v) is 10.1. The molecule has 8 heteroatoms. The molecule has 138 valence electrons. The third kappa shape index (κ3) is 4.27. The van der Waals surface area contributed by atoms with E-state index in [1.165, 1.54) is 11.3 Å². The summed E-state index contributed by atoms with van der Waals surface area (Å²) in [5.74, 6) is 0.747. The number of piperidine rings is 1. The van der Waals surface area contributed by atoms with Crippen molar-refractivity contribution in [3.8, 4) is 6.07 Å². The number of amides is 1. The van der Waals surface area contributed by atoms with Gasteiger partial charge in [-0.25, -0.2) is 9.78 Å². The van der Waals surface area contributed by atoms with Crippen LogP contribution in [0.25, 0.3) is 10.1 Å². The fourth-order valence-electron chi connectivity index (χ4n) is 2.97. The SMILES string of the molecule is CC(C)(C)OC(=O)N1CCCC(Nc2ncc(C#N)c3sc(Br)cc23)C1. The first-order chi connectivity index (χ1) is 12.3. The highest BCUT2D eigenvalue weighted by atomic mass is 79.9. The summed E-state index contributed by atoms with van der Waals surface area (Å²) < 4.78 is 7.35. The van der Waals surface area contributed by atoms with Gasteiger partial charge in [0.25, 0.3) is 0 Å². The molecule has 1 N–H and O–H groups in total. The van der Waals surface area contributed by atoms with Crippen molar-refractivity contribution in [2.75, 3.05) is 18.4 Å². The number of ether oxygens (including phenoxy) is 1. The molecule has 0 aromatic carbocycles. The molecule has 1 amide bonds. The number of nitrogens with zero attached hydrogens (tertiary/aromatic N) is 3. The van der Waals surface area contributed by atoms with E-state index in [9.17, 15) is 10.1 Å². The molecule has 1 saturated heterocycles. The summed E-state index contributed by atoms with van der Waals surface area (Å²) in [6, 6.07) is 4.26. The number of thiophene rings is 1. The van der Waals surface area contributed by atoms with Crippen molar-refractivity contribution in [3.05, 3.63) is 21.6 Å². The minimum Gasteiger partial charge on any atom is -0.444 e. The van der Waals surface area contributed by atoms with E-state index in [0.29, 0.717) is 18.7 Å². The Kier molecular flexibility index (Phi) is 5.39. The van der Waals surface area contributed by atoms with Gasteiger partial charge in [-0.1, -0.05) is 0 Å². The highest BCUT2D eigenvalue weighted by molar-refractivity contribution is 9.11. The molecular weight excluding hydrogens is 416 g/mol. The van der Waals surface area contributed by atoms with Crippen molar-refractivity contribution in [1.82, 2.24) is 9.88 Å². The number of aromatic nitrogens is 1. The zero-order valence-electron chi connectivity index (χ0n) is 15.0. The maximum absolute atomic E-state index is 12.3. The van der Waals surface area contributed by atoms with Crippen LogP contribution in [0.3, 0.4) is 0 Å². The molecule has 1 fully saturated rings. The Bertz CT molecular complexity index is 868. The molecular formula is C18H21BrN4O2S. The molecule has 0 bridgehead atoms. The van der Waals surface area contributed by atoms with Crippen molar-refractivity contribution < 1.29 is 9.53 Å². The fraction of sp³-hybridized carbons (Fsp3) is 0.500. The minimum absolute atomic E-state index is 0.0959. The van der Waals surface area contributed by atoms with Gasteiger partial charge in [-0.15, -0.1) is 11.3 Å². The summed E-state index contributed by atoms with van der Waals surface area (Å²) in [5, 5.41) is 13.6. The van der Waals surface area contributed by atoms with Crippen LogP contribution in [0.2, 0.25) is 0 Å². The molecule has 3 heterocycles. The van der Waals surface area contributed by atoms with Crippen molar-refractivity contribution >= 4 is 49.3 Å². The van der Waals surface area contributed by atoms with Crippen LogP contribution >= 0.6 is 27.3 Å². The van der Waals surface area contributed by atoms with Crippen molar-refractivity contribution in [2.45, 2.75) is 45.3 Å². The molecule has 1 aliphatic heterocycles. The number of carbonyl (C=O) groups is 1. The van der Waals surface area contributed by atoms with Crippen molar-refractivity contribution in [3.63, 3.8) is 0 Å². The predicted octanol–water partition coefficient (Wildman–Crippen LogP) is 4.74. The second kappa shape index (κ2) is 7.41. The number of nitrogens with one attached hydrogen (secondary N) is 1. The number of pyridine rings is 1. The Morgan fingerprint density at radius 1 is 1.54 bits per heavy atom. The summed E-state index contributed by atoms with van der Waals surface area (Å²) in [5.41, 5.74) is 0.0709. The molecule has 0 radical (unpaired) electrons. The summed E-state index contributed by atoms with van der Waals surface area (Å²) in [4.78, 5) is 18.5. The van der Waals surface area contributed by atoms with Crippen LogP contribution in [0.15, 0.2) is 16.0 Å². The second-order valence-corrected chi connectivity index (χ2v) is 9.77. The molecule has 1 atom stereocenters. The van der Waals surface area contributed by atoms with Gasteiger partial charge in [0, 0.05) is 30.7 Å². The van der Waals surface area contributed by atoms with Crippen LogP contribution in [-0.2, 0) is 4.74 Å². The number of likely N-dealkylation sites (tertiary alicyclic amines) is 1. The monoisotopic (exact) mass is 436 g/mol. The predicted molar refractivity (Wildman–Crippen MR) is 106 cm³/mol. The molecule has 0 saturated carbocycles. The normalized spacial score (nSPS) is 17.8. The topological polar surface area (TPSA) is 78.2 Å². The van der Waals surface area contributed by atoms with Gasteiger partial charge in [-0.05, 0) is 55.6 Å². The zero-order chi connectivity index (χ0) is 18.9. The Balaban J connectivity index is 1.76. The number of halogens is 1. The van der Waals surface area contributed by atoms with E-state index in [1.54, 1.807) is 11.1 Å². The number of anilines is 1. The van der Waals surface area contributed by atoms with Gasteiger partial charge >= 0.3 is 6.09 Å². The summed E-state index contributed by atoms with van der Waals surface area (Å²) in [6.45, 7) is 6.89. The van der Waals surface area contributed by atoms with Crippen molar-refractivity contribution in [1.29, 1.82) is 5.26 Å². The van der Waals surface area contributed by atoms with E-state index >= 15 is 0 Å². The smallest absolute Gasteiger partial charge is 0.410 e. The number of hydrogen-bond acceptors (Lipinski definition) is 6. The van der Waals surface area contributed by atoms with Crippen LogP contribution in [0.1, 0.15) is 39.2 Å². The highest BCUT2D eigenvalue weighted by Crippen LogP contribution is 2.36. The lowest BCUT2D eigenvalue weighted by molar-refractivity contribution is 0.0206. The third-order valence-electron chi connectivity index (χ3n) is 4.06. The molecule has 0 aliphatic carbocycles. The average Bonchev–Trinajstić information content (AvgIpc) is 2.96. The number of carbonyl (C=O) groups excluding carboxylic acids is 1. The van der Waals surface area contributed by atoms with Gasteiger partial charge in [0.05, 0.1) is 14.0 Å². The maximum Gasteiger partial charge on any atom is 0.410 e. The highest BCUT2D eigenvalue weighted by Gasteiger charge is 2.28. The van der Waals surface area contributed by atoms with E-state index < -0.39 is 5.60 Å². The Morgan fingerprint density at radius 2 is 2.31 bits per heavy atom. The van der Waals surface area contributed by atoms with E-state index in [0.717, 1.165) is 32.5 Å². The number of nitriles is 1. The maximum atomic E-state index is 12.3. The van der Waals surface area contributed by atoms with Gasteiger partial charge < -0.3 is 15.0 Å². The van der Waals surface area contributed by atoms with Gasteiger partial charge in [-0.2, -0.15) is 5.26 Å². The van der Waals surface area contributed by atoms with Gasteiger partial charge in [0.2, 0.25) is 0 Å². The molecule has 26 heavy (non-hydrogen) atoms. The largest absolute Gasteiger partial charge is 0.444 e. The van der Waals surface area contributed by atoms with Gasteiger partial charge in [0.15, 0.2) is 0 Å². The van der Waals surface area contributed by atoms with E-state index in [-0.39, 0.29) is 12.1 Å². The third-order valence-corrected chi connectivity index (χ3v) is 5.73. The Morgan fingerprint density at radius 3 is 3.00 bits per heavy atom. The van der Waals surface area contributed by atoms with Gasteiger partial charge in [-0.3, -0.25) is 0 Å². The molecule has 2 aromatic heterocycles. The molecule has 6 nitrogen and oxygen atoms in total. The molecule has 0 spiro atoms. The van der Waals surface area contributed by atoms with Gasteiger partial charge in [0.1, 0.15) is 17.5 Å². The lowest BCUT2D eigenvalue weighted by Crippen LogP contribution is -2.47. The number of hydrogen-bond donors (Lipinski definition) is 1. The van der Waals surface area contributed by atoms with Crippen LogP contribution in [0.5, 0.6) is 0 Å². The molecule has 2 aromatic rings. The van der Waals surface area contributed by atoms with Crippen molar-refractivity contribution in [2.24, 2.45) is 0 Å². The number of fused-ring (bicyclic) bond motifs is 1. The average molecular weight is 437 g/mol.